The average molecular weight is 669 g/mol. The first kappa shape index (κ1) is 26.8. The van der Waals surface area contributed by atoms with E-state index in [1.807, 2.05) is 24.3 Å². The van der Waals surface area contributed by atoms with Gasteiger partial charge in [0.1, 0.15) is 12.4 Å². The van der Waals surface area contributed by atoms with Crippen LogP contribution >= 0.6 is 22.6 Å². The van der Waals surface area contributed by atoms with Crippen molar-refractivity contribution in [1.82, 2.24) is 9.66 Å². The van der Waals surface area contributed by atoms with Crippen LogP contribution in [0.15, 0.2) is 94.8 Å². The molecule has 0 bridgehead atoms. The fourth-order valence-electron chi connectivity index (χ4n) is 4.28. The van der Waals surface area contributed by atoms with Gasteiger partial charge < -0.3 is 14.2 Å². The summed E-state index contributed by atoms with van der Waals surface area (Å²) in [6, 6.07) is 22.3. The van der Waals surface area contributed by atoms with Gasteiger partial charge in [-0.25, -0.2) is 4.98 Å². The number of rotatable bonds is 6. The Morgan fingerprint density at radius 1 is 0.976 bits per heavy atom. The molecule has 0 unspecified atom stereocenters. The molecular weight excluding hydrogens is 650 g/mol. The van der Waals surface area contributed by atoms with Crippen molar-refractivity contribution in [2.24, 2.45) is 5.10 Å². The van der Waals surface area contributed by atoms with E-state index in [1.54, 1.807) is 36.4 Å². The van der Waals surface area contributed by atoms with Crippen LogP contribution in [0.3, 0.4) is 0 Å². The smallest absolute Gasteiger partial charge is 0.416 e. The van der Waals surface area contributed by atoms with Crippen LogP contribution in [0.2, 0.25) is 0 Å². The van der Waals surface area contributed by atoms with E-state index in [0.29, 0.717) is 40.3 Å². The maximum atomic E-state index is 13.4. The Kier molecular flexibility index (Phi) is 7.12. The Labute approximate surface area is 245 Å². The lowest BCUT2D eigenvalue weighted by molar-refractivity contribution is -0.137. The molecule has 0 saturated heterocycles. The number of hydrogen-bond acceptors (Lipinski definition) is 6. The highest BCUT2D eigenvalue weighted by Gasteiger charge is 2.31. The molecule has 6 rings (SSSR count). The van der Waals surface area contributed by atoms with E-state index < -0.39 is 17.3 Å². The summed E-state index contributed by atoms with van der Waals surface area (Å²) in [7, 11) is 0. The van der Waals surface area contributed by atoms with Gasteiger partial charge in [0.25, 0.3) is 5.56 Å². The zero-order valence-electron chi connectivity index (χ0n) is 21.1. The standard InChI is InChI=1S/C30H19F3IN3O4/c31-30(32,33)21-5-3-4-20(14-21)28-36-24-7-2-1-6-22(24)29(38)37(28)35-15-18-8-10-25(23(34)12-18)39-16-19-9-11-26-27(13-19)41-17-40-26/h1-15H,16-17H2. The quantitative estimate of drug-likeness (QED) is 0.146. The van der Waals surface area contributed by atoms with E-state index in [9.17, 15) is 18.0 Å². The van der Waals surface area contributed by atoms with Crippen LogP contribution in [0.25, 0.3) is 22.3 Å². The van der Waals surface area contributed by atoms with Gasteiger partial charge in [-0.15, -0.1) is 0 Å². The fraction of sp³-hybridized carbons (Fsp3) is 0.100. The Hall–Kier alpha value is -4.39. The zero-order chi connectivity index (χ0) is 28.6. The molecule has 1 aliphatic heterocycles. The first-order valence-corrected chi connectivity index (χ1v) is 13.4. The van der Waals surface area contributed by atoms with Crippen LogP contribution in [-0.4, -0.2) is 22.7 Å². The largest absolute Gasteiger partial charge is 0.488 e. The molecule has 0 amide bonds. The maximum Gasteiger partial charge on any atom is 0.416 e. The van der Waals surface area contributed by atoms with E-state index in [4.69, 9.17) is 14.2 Å². The van der Waals surface area contributed by atoms with Gasteiger partial charge in [-0.2, -0.15) is 22.9 Å². The fourth-order valence-corrected chi connectivity index (χ4v) is 4.98. The molecule has 0 atom stereocenters. The van der Waals surface area contributed by atoms with Crippen molar-refractivity contribution >= 4 is 39.7 Å². The Bertz CT molecular complexity index is 1870. The Morgan fingerprint density at radius 3 is 2.63 bits per heavy atom. The number of benzene rings is 4. The van der Waals surface area contributed by atoms with Crippen molar-refractivity contribution in [2.45, 2.75) is 12.8 Å². The first-order valence-electron chi connectivity index (χ1n) is 12.3. The first-order chi connectivity index (χ1) is 19.8. The molecule has 7 nitrogen and oxygen atoms in total. The number of alkyl halides is 3. The molecule has 206 valence electrons. The number of nitrogens with zero attached hydrogens (tertiary/aromatic N) is 3. The van der Waals surface area contributed by atoms with Crippen LogP contribution in [0.1, 0.15) is 16.7 Å². The second-order valence-electron chi connectivity index (χ2n) is 9.06. The zero-order valence-corrected chi connectivity index (χ0v) is 23.2. The van der Waals surface area contributed by atoms with Crippen LogP contribution in [-0.2, 0) is 12.8 Å². The number of fused-ring (bicyclic) bond motifs is 2. The third kappa shape index (κ3) is 5.62. The van der Waals surface area contributed by atoms with Gasteiger partial charge in [0.15, 0.2) is 17.3 Å². The predicted octanol–water partition coefficient (Wildman–Crippen LogP) is 6.88. The summed E-state index contributed by atoms with van der Waals surface area (Å²) in [6.45, 7) is 0.516. The van der Waals surface area contributed by atoms with Crippen LogP contribution in [0.4, 0.5) is 13.2 Å². The lowest BCUT2D eigenvalue weighted by atomic mass is 10.1. The second-order valence-corrected chi connectivity index (χ2v) is 10.2. The normalized spacial score (nSPS) is 12.8. The molecule has 0 saturated carbocycles. The molecular formula is C30H19F3IN3O4. The van der Waals surface area contributed by atoms with Crippen LogP contribution in [0.5, 0.6) is 17.2 Å². The SMILES string of the molecule is O=c1c2ccccc2nc(-c2cccc(C(F)(F)F)c2)n1N=Cc1ccc(OCc2ccc3c(c2)OCO3)c(I)c1. The third-order valence-electron chi connectivity index (χ3n) is 6.31. The summed E-state index contributed by atoms with van der Waals surface area (Å²) >= 11 is 2.14. The third-order valence-corrected chi connectivity index (χ3v) is 7.15. The maximum absolute atomic E-state index is 13.4. The highest BCUT2D eigenvalue weighted by Crippen LogP contribution is 2.34. The number of aromatic nitrogens is 2. The number of ether oxygens (including phenoxy) is 3. The number of hydrogen-bond donors (Lipinski definition) is 0. The van der Waals surface area contributed by atoms with E-state index in [2.05, 4.69) is 32.7 Å². The topological polar surface area (TPSA) is 74.9 Å². The van der Waals surface area contributed by atoms with Crippen molar-refractivity contribution in [3.8, 4) is 28.6 Å². The summed E-state index contributed by atoms with van der Waals surface area (Å²) in [5, 5.41) is 4.65. The highest BCUT2D eigenvalue weighted by molar-refractivity contribution is 14.1. The van der Waals surface area contributed by atoms with E-state index in [-0.39, 0.29) is 18.2 Å². The number of para-hydroxylation sites is 1. The van der Waals surface area contributed by atoms with Gasteiger partial charge in [-0.1, -0.05) is 30.3 Å². The van der Waals surface area contributed by atoms with E-state index >= 15 is 0 Å². The Morgan fingerprint density at radius 2 is 1.80 bits per heavy atom. The molecule has 2 heterocycles. The molecule has 0 N–H and O–H groups in total. The average Bonchev–Trinajstić information content (AvgIpc) is 3.44. The molecule has 1 aliphatic rings. The Balaban J connectivity index is 1.30. The van der Waals surface area contributed by atoms with Crippen molar-refractivity contribution in [2.75, 3.05) is 6.79 Å². The molecule has 0 radical (unpaired) electrons. The summed E-state index contributed by atoms with van der Waals surface area (Å²) in [4.78, 5) is 17.9. The van der Waals surface area contributed by atoms with Gasteiger partial charge in [-0.3, -0.25) is 4.79 Å². The highest BCUT2D eigenvalue weighted by atomic mass is 127. The monoisotopic (exact) mass is 669 g/mol. The molecule has 1 aromatic heterocycles. The van der Waals surface area contributed by atoms with Gasteiger partial charge in [0.2, 0.25) is 6.79 Å². The second kappa shape index (κ2) is 10.9. The molecule has 11 heteroatoms. The summed E-state index contributed by atoms with van der Waals surface area (Å²) in [6.07, 6.45) is -3.09. The van der Waals surface area contributed by atoms with Crippen molar-refractivity contribution < 1.29 is 27.4 Å². The minimum absolute atomic E-state index is 0.00516. The minimum Gasteiger partial charge on any atom is -0.488 e. The summed E-state index contributed by atoms with van der Waals surface area (Å²) in [5.74, 6) is 2.02. The van der Waals surface area contributed by atoms with Gasteiger partial charge in [-0.05, 0) is 88.3 Å². The molecule has 0 fully saturated rings. The summed E-state index contributed by atoms with van der Waals surface area (Å²) < 4.78 is 58.8. The van der Waals surface area contributed by atoms with Crippen LogP contribution < -0.4 is 19.8 Å². The molecule has 0 aliphatic carbocycles. The molecule has 5 aromatic rings. The van der Waals surface area contributed by atoms with Crippen molar-refractivity contribution in [3.05, 3.63) is 116 Å². The van der Waals surface area contributed by atoms with Gasteiger partial charge in [0.05, 0.1) is 26.3 Å². The minimum atomic E-state index is -4.55. The molecule has 0 spiro atoms. The lowest BCUT2D eigenvalue weighted by Gasteiger charge is -2.12. The van der Waals surface area contributed by atoms with E-state index in [0.717, 1.165) is 25.9 Å². The summed E-state index contributed by atoms with van der Waals surface area (Å²) in [5.41, 5.74) is 0.689. The van der Waals surface area contributed by atoms with Crippen LogP contribution in [0, 0.1) is 3.57 Å². The van der Waals surface area contributed by atoms with Crippen molar-refractivity contribution in [1.29, 1.82) is 0 Å². The van der Waals surface area contributed by atoms with Gasteiger partial charge >= 0.3 is 6.18 Å². The van der Waals surface area contributed by atoms with E-state index in [1.165, 1.54) is 18.3 Å². The molecule has 41 heavy (non-hydrogen) atoms. The van der Waals surface area contributed by atoms with Crippen molar-refractivity contribution in [3.63, 3.8) is 0 Å². The molecule has 4 aromatic carbocycles. The van der Waals surface area contributed by atoms with Gasteiger partial charge in [0, 0.05) is 5.56 Å². The predicted molar refractivity (Wildman–Crippen MR) is 155 cm³/mol. The lowest BCUT2D eigenvalue weighted by Crippen LogP contribution is -2.20. The number of halogens is 4.